The molecule has 0 saturated carbocycles. The molecule has 0 N–H and O–H groups in total. The Balaban J connectivity index is 2.16. The van der Waals surface area contributed by atoms with Crippen molar-refractivity contribution in [3.05, 3.63) is 29.8 Å². The van der Waals surface area contributed by atoms with Crippen molar-refractivity contribution in [2.24, 2.45) is 5.92 Å². The fraction of sp³-hybridized carbons (Fsp3) is 0.562. The molecule has 1 aromatic rings. The lowest BCUT2D eigenvalue weighted by atomic mass is 10.2. The highest BCUT2D eigenvalue weighted by atomic mass is 32.2. The average molecular weight is 370 g/mol. The second kappa shape index (κ2) is 7.21. The maximum Gasteiger partial charge on any atom is 0.244 e. The van der Waals surface area contributed by atoms with E-state index in [9.17, 15) is 16.8 Å². The first-order valence-electron chi connectivity index (χ1n) is 7.89. The predicted octanol–water partition coefficient (Wildman–Crippen LogP) is 1.78. The lowest BCUT2D eigenvalue weighted by molar-refractivity contribution is 0.345. The first-order valence-corrected chi connectivity index (χ1v) is 11.0. The van der Waals surface area contributed by atoms with Crippen LogP contribution in [-0.4, -0.2) is 45.2 Å². The molecule has 1 aliphatic rings. The van der Waals surface area contributed by atoms with Gasteiger partial charge < -0.3 is 0 Å². The molecular weight excluding hydrogens is 348 g/mol. The van der Waals surface area contributed by atoms with Gasteiger partial charge in [0.1, 0.15) is 6.07 Å². The molecule has 0 unspecified atom stereocenters. The van der Waals surface area contributed by atoms with Gasteiger partial charge in [-0.3, -0.25) is 0 Å². The Bertz CT molecular complexity index is 831. The summed E-state index contributed by atoms with van der Waals surface area (Å²) in [5.41, 5.74) is 0.104. The van der Waals surface area contributed by atoms with Crippen LogP contribution in [0.1, 0.15) is 32.3 Å². The van der Waals surface area contributed by atoms with Crippen LogP contribution >= 0.6 is 0 Å². The second-order valence-corrected chi connectivity index (χ2v) is 10.7. The molecule has 0 aromatic heterocycles. The number of hydrogen-bond acceptors (Lipinski definition) is 5. The molecule has 6 nitrogen and oxygen atoms in total. The van der Waals surface area contributed by atoms with Crippen LogP contribution in [0.2, 0.25) is 0 Å². The highest BCUT2D eigenvalue weighted by Gasteiger charge is 2.35. The number of rotatable bonds is 5. The summed E-state index contributed by atoms with van der Waals surface area (Å²) >= 11 is 0. The van der Waals surface area contributed by atoms with E-state index in [0.29, 0.717) is 12.8 Å². The lowest BCUT2D eigenvalue weighted by Gasteiger charge is -2.31. The van der Waals surface area contributed by atoms with Crippen LogP contribution in [0.25, 0.3) is 0 Å². The van der Waals surface area contributed by atoms with Crippen LogP contribution in [0.5, 0.6) is 0 Å². The molecule has 1 fully saturated rings. The van der Waals surface area contributed by atoms with E-state index in [2.05, 4.69) is 0 Å². The smallest absolute Gasteiger partial charge is 0.229 e. The number of nitrogens with zero attached hydrogens (tertiary/aromatic N) is 2. The quantitative estimate of drug-likeness (QED) is 0.787. The molecule has 1 aliphatic heterocycles. The summed E-state index contributed by atoms with van der Waals surface area (Å²) in [6, 6.07) is 7.96. The fourth-order valence-corrected chi connectivity index (χ4v) is 6.70. The van der Waals surface area contributed by atoms with Gasteiger partial charge in [0.2, 0.25) is 10.0 Å². The van der Waals surface area contributed by atoms with Gasteiger partial charge in [-0.25, -0.2) is 16.8 Å². The summed E-state index contributed by atoms with van der Waals surface area (Å²) in [7, 11) is -6.98. The number of sulfone groups is 1. The van der Waals surface area contributed by atoms with Gasteiger partial charge in [-0.05, 0) is 30.9 Å². The molecule has 0 aliphatic carbocycles. The molecule has 0 atom stereocenters. The van der Waals surface area contributed by atoms with E-state index < -0.39 is 25.1 Å². The Morgan fingerprint density at radius 1 is 1.17 bits per heavy atom. The standard InChI is InChI=1S/C16H22N2O4S2/c1-13(2)12-23(19,20)15-7-9-18(10-8-15)24(21,22)16-6-4-3-5-14(16)11-17/h3-6,13,15H,7-10,12H2,1-2H3. The minimum absolute atomic E-state index is 0.0176. The molecule has 0 amide bonds. The Morgan fingerprint density at radius 2 is 1.75 bits per heavy atom. The fourth-order valence-electron chi connectivity index (χ4n) is 2.96. The molecule has 1 heterocycles. The summed E-state index contributed by atoms with van der Waals surface area (Å²) in [6.45, 7) is 4.03. The van der Waals surface area contributed by atoms with Crippen molar-refractivity contribution in [3.63, 3.8) is 0 Å². The van der Waals surface area contributed by atoms with Gasteiger partial charge in [-0.1, -0.05) is 26.0 Å². The average Bonchev–Trinajstić information content (AvgIpc) is 2.53. The minimum Gasteiger partial charge on any atom is -0.229 e. The van der Waals surface area contributed by atoms with Crippen LogP contribution in [0.15, 0.2) is 29.2 Å². The van der Waals surface area contributed by atoms with Crippen molar-refractivity contribution in [1.82, 2.24) is 4.31 Å². The van der Waals surface area contributed by atoms with Gasteiger partial charge in [0.15, 0.2) is 9.84 Å². The van der Waals surface area contributed by atoms with Crippen molar-refractivity contribution in [2.45, 2.75) is 36.8 Å². The lowest BCUT2D eigenvalue weighted by Crippen LogP contribution is -2.43. The van der Waals surface area contributed by atoms with Gasteiger partial charge in [0.25, 0.3) is 0 Å². The number of benzene rings is 1. The number of nitriles is 1. The van der Waals surface area contributed by atoms with E-state index in [1.807, 2.05) is 19.9 Å². The molecular formula is C16H22N2O4S2. The number of hydrogen-bond donors (Lipinski definition) is 0. The highest BCUT2D eigenvalue weighted by Crippen LogP contribution is 2.26. The SMILES string of the molecule is CC(C)CS(=O)(=O)C1CCN(S(=O)(=O)c2ccccc2C#N)CC1. The third kappa shape index (κ3) is 3.97. The van der Waals surface area contributed by atoms with Crippen LogP contribution in [0, 0.1) is 17.2 Å². The summed E-state index contributed by atoms with van der Waals surface area (Å²) in [6.07, 6.45) is 0.589. The normalized spacial score (nSPS) is 17.8. The van der Waals surface area contributed by atoms with Crippen LogP contribution in [0.4, 0.5) is 0 Å². The Morgan fingerprint density at radius 3 is 2.29 bits per heavy atom. The highest BCUT2D eigenvalue weighted by molar-refractivity contribution is 7.92. The molecule has 8 heteroatoms. The van der Waals surface area contributed by atoms with Crippen molar-refractivity contribution in [1.29, 1.82) is 5.26 Å². The zero-order valence-corrected chi connectivity index (χ0v) is 15.5. The topological polar surface area (TPSA) is 95.3 Å². The second-order valence-electron chi connectivity index (χ2n) is 6.43. The Kier molecular flexibility index (Phi) is 5.68. The molecule has 0 radical (unpaired) electrons. The van der Waals surface area contributed by atoms with E-state index in [4.69, 9.17) is 5.26 Å². The van der Waals surface area contributed by atoms with Crippen molar-refractivity contribution < 1.29 is 16.8 Å². The molecule has 1 aromatic carbocycles. The number of sulfonamides is 1. The zero-order chi connectivity index (χ0) is 18.0. The zero-order valence-electron chi connectivity index (χ0n) is 13.8. The molecule has 2 rings (SSSR count). The molecule has 132 valence electrons. The van der Waals surface area contributed by atoms with Gasteiger partial charge in [-0.2, -0.15) is 9.57 Å². The van der Waals surface area contributed by atoms with Crippen molar-refractivity contribution in [3.8, 4) is 6.07 Å². The van der Waals surface area contributed by atoms with Crippen molar-refractivity contribution >= 4 is 19.9 Å². The van der Waals surface area contributed by atoms with E-state index in [1.54, 1.807) is 12.1 Å². The van der Waals surface area contributed by atoms with Gasteiger partial charge in [-0.15, -0.1) is 0 Å². The first-order chi connectivity index (χ1) is 11.2. The maximum absolute atomic E-state index is 12.7. The Hall–Kier alpha value is -1.43. The first kappa shape index (κ1) is 18.9. The van der Waals surface area contributed by atoms with E-state index in [1.165, 1.54) is 16.4 Å². The molecule has 24 heavy (non-hydrogen) atoms. The third-order valence-electron chi connectivity index (χ3n) is 4.10. The summed E-state index contributed by atoms with van der Waals surface area (Å²) in [4.78, 5) is -0.0176. The van der Waals surface area contributed by atoms with Crippen LogP contribution in [-0.2, 0) is 19.9 Å². The van der Waals surface area contributed by atoms with Crippen molar-refractivity contribution in [2.75, 3.05) is 18.8 Å². The Labute approximate surface area is 144 Å². The van der Waals surface area contributed by atoms with Gasteiger partial charge in [0, 0.05) is 13.1 Å². The van der Waals surface area contributed by atoms with Gasteiger partial charge >= 0.3 is 0 Å². The van der Waals surface area contributed by atoms with Crippen LogP contribution in [0.3, 0.4) is 0 Å². The van der Waals surface area contributed by atoms with E-state index >= 15 is 0 Å². The monoisotopic (exact) mass is 370 g/mol. The molecule has 0 bridgehead atoms. The van der Waals surface area contributed by atoms with Gasteiger partial charge in [0.05, 0.1) is 21.5 Å². The minimum atomic E-state index is -3.78. The molecule has 1 saturated heterocycles. The largest absolute Gasteiger partial charge is 0.244 e. The third-order valence-corrected chi connectivity index (χ3v) is 8.68. The summed E-state index contributed by atoms with van der Waals surface area (Å²) in [5.74, 6) is 0.182. The molecule has 0 spiro atoms. The summed E-state index contributed by atoms with van der Waals surface area (Å²) in [5, 5.41) is 8.61. The predicted molar refractivity (Wildman–Crippen MR) is 91.6 cm³/mol. The van der Waals surface area contributed by atoms with E-state index in [0.717, 1.165) is 0 Å². The summed E-state index contributed by atoms with van der Waals surface area (Å²) < 4.78 is 51.4. The van der Waals surface area contributed by atoms with Crippen LogP contribution < -0.4 is 0 Å². The maximum atomic E-state index is 12.7. The number of piperidine rings is 1. The van der Waals surface area contributed by atoms with E-state index in [-0.39, 0.29) is 35.2 Å².